The van der Waals surface area contributed by atoms with Crippen molar-refractivity contribution in [1.29, 1.82) is 0 Å². The van der Waals surface area contributed by atoms with Gasteiger partial charge in [-0.3, -0.25) is 9.59 Å². The molecule has 0 spiro atoms. The Bertz CT molecular complexity index is 461. The normalized spacial score (nSPS) is 40.3. The van der Waals surface area contributed by atoms with E-state index in [1.54, 1.807) is 0 Å². The predicted octanol–water partition coefficient (Wildman–Crippen LogP) is 1.78. The van der Waals surface area contributed by atoms with E-state index in [0.29, 0.717) is 18.3 Å². The standard InChI is InChI=1S/C17H27NO4/c1-3-11(2)18-14(19)9-22-15(20)16-5-12-4-13(6-16)8-17(21,7-12)10-16/h11-13,21H,3-10H2,1-2H3,(H,18,19)/t11-,12-,13-,16?,17?/m0/s1. The van der Waals surface area contributed by atoms with Crippen LogP contribution in [0.25, 0.3) is 0 Å². The van der Waals surface area contributed by atoms with Crippen LogP contribution in [0.1, 0.15) is 58.8 Å². The lowest BCUT2D eigenvalue weighted by molar-refractivity contribution is -0.196. The molecule has 124 valence electrons. The second kappa shape index (κ2) is 5.52. The zero-order valence-electron chi connectivity index (χ0n) is 13.6. The van der Waals surface area contributed by atoms with Crippen LogP contribution < -0.4 is 5.32 Å². The molecule has 4 fully saturated rings. The Morgan fingerprint density at radius 3 is 2.45 bits per heavy atom. The van der Waals surface area contributed by atoms with Gasteiger partial charge in [0.15, 0.2) is 6.61 Å². The highest BCUT2D eigenvalue weighted by molar-refractivity contribution is 5.83. The molecule has 5 heteroatoms. The Balaban J connectivity index is 1.59. The van der Waals surface area contributed by atoms with E-state index in [9.17, 15) is 14.7 Å². The fourth-order valence-corrected chi connectivity index (χ4v) is 5.16. The molecule has 0 aromatic rings. The van der Waals surface area contributed by atoms with Crippen molar-refractivity contribution in [1.82, 2.24) is 5.32 Å². The number of amides is 1. The number of nitrogens with one attached hydrogen (secondary N) is 1. The minimum atomic E-state index is -0.678. The van der Waals surface area contributed by atoms with Crippen LogP contribution in [0.4, 0.5) is 0 Å². The summed E-state index contributed by atoms with van der Waals surface area (Å²) in [7, 11) is 0. The number of aliphatic hydroxyl groups is 1. The molecule has 22 heavy (non-hydrogen) atoms. The molecule has 0 aromatic heterocycles. The third-order valence-electron chi connectivity index (χ3n) is 5.82. The van der Waals surface area contributed by atoms with Crippen molar-refractivity contribution in [2.45, 2.75) is 70.4 Å². The first-order valence-corrected chi connectivity index (χ1v) is 8.53. The highest BCUT2D eigenvalue weighted by Crippen LogP contribution is 2.61. The molecule has 4 aliphatic rings. The average Bonchev–Trinajstić information content (AvgIpc) is 2.41. The van der Waals surface area contributed by atoms with Gasteiger partial charge in [0.05, 0.1) is 11.0 Å². The smallest absolute Gasteiger partial charge is 0.312 e. The third-order valence-corrected chi connectivity index (χ3v) is 5.82. The number of carbonyl (C=O) groups is 2. The van der Waals surface area contributed by atoms with Crippen LogP contribution in [0, 0.1) is 17.3 Å². The summed E-state index contributed by atoms with van der Waals surface area (Å²) in [6, 6.07) is 0.0893. The molecule has 4 bridgehead atoms. The second-order valence-corrected chi connectivity index (χ2v) is 7.92. The van der Waals surface area contributed by atoms with E-state index in [1.807, 2.05) is 13.8 Å². The largest absolute Gasteiger partial charge is 0.455 e. The number of ether oxygens (including phenoxy) is 1. The molecule has 4 aliphatic carbocycles. The van der Waals surface area contributed by atoms with Crippen LogP contribution >= 0.6 is 0 Å². The molecule has 4 saturated carbocycles. The summed E-state index contributed by atoms with van der Waals surface area (Å²) in [6.45, 7) is 3.71. The molecule has 1 amide bonds. The molecule has 5 nitrogen and oxygen atoms in total. The van der Waals surface area contributed by atoms with Crippen molar-refractivity contribution in [3.63, 3.8) is 0 Å². The van der Waals surface area contributed by atoms with Gasteiger partial charge in [-0.2, -0.15) is 0 Å². The summed E-state index contributed by atoms with van der Waals surface area (Å²) in [5, 5.41) is 13.5. The highest BCUT2D eigenvalue weighted by Gasteiger charge is 2.60. The van der Waals surface area contributed by atoms with Crippen LogP contribution in [0.2, 0.25) is 0 Å². The average molecular weight is 309 g/mol. The summed E-state index contributed by atoms with van der Waals surface area (Å²) in [4.78, 5) is 24.4. The molecule has 0 radical (unpaired) electrons. The predicted molar refractivity (Wildman–Crippen MR) is 80.9 cm³/mol. The van der Waals surface area contributed by atoms with Crippen molar-refractivity contribution >= 4 is 11.9 Å². The molecule has 0 aromatic carbocycles. The van der Waals surface area contributed by atoms with Crippen molar-refractivity contribution in [2.24, 2.45) is 17.3 Å². The zero-order chi connectivity index (χ0) is 16.0. The zero-order valence-corrected chi connectivity index (χ0v) is 13.6. The number of hydrogen-bond donors (Lipinski definition) is 2. The molecule has 0 saturated heterocycles. The van der Waals surface area contributed by atoms with Crippen molar-refractivity contribution in [3.05, 3.63) is 0 Å². The van der Waals surface area contributed by atoms with E-state index < -0.39 is 11.0 Å². The van der Waals surface area contributed by atoms with E-state index in [2.05, 4.69) is 5.32 Å². The van der Waals surface area contributed by atoms with Gasteiger partial charge in [0, 0.05) is 6.04 Å². The minimum absolute atomic E-state index is 0.0893. The number of esters is 1. The maximum Gasteiger partial charge on any atom is 0.312 e. The molecule has 4 rings (SSSR count). The summed E-state index contributed by atoms with van der Waals surface area (Å²) in [6.07, 6.45) is 5.78. The van der Waals surface area contributed by atoms with Crippen molar-refractivity contribution in [3.8, 4) is 0 Å². The fraction of sp³-hybridized carbons (Fsp3) is 0.882. The van der Waals surface area contributed by atoms with Crippen molar-refractivity contribution in [2.75, 3.05) is 6.61 Å². The fourth-order valence-electron chi connectivity index (χ4n) is 5.16. The Kier molecular flexibility index (Phi) is 3.96. The molecular formula is C17H27NO4. The molecule has 0 unspecified atom stereocenters. The lowest BCUT2D eigenvalue weighted by Crippen LogP contribution is -2.58. The first-order chi connectivity index (χ1) is 10.3. The topological polar surface area (TPSA) is 75.6 Å². The Morgan fingerprint density at radius 2 is 1.91 bits per heavy atom. The van der Waals surface area contributed by atoms with Gasteiger partial charge in [0.25, 0.3) is 5.91 Å². The van der Waals surface area contributed by atoms with Crippen LogP contribution in [0.3, 0.4) is 0 Å². The quantitative estimate of drug-likeness (QED) is 0.759. The van der Waals surface area contributed by atoms with Gasteiger partial charge >= 0.3 is 5.97 Å². The monoisotopic (exact) mass is 309 g/mol. The summed E-state index contributed by atoms with van der Waals surface area (Å²) in [5.41, 5.74) is -1.22. The number of hydrogen-bond acceptors (Lipinski definition) is 4. The molecule has 3 atom stereocenters. The SMILES string of the molecule is CC[C@H](C)NC(=O)COC(=O)C12C[C@@H]3C[C@H](CC(O)(C3)C1)C2. The van der Waals surface area contributed by atoms with Gasteiger partial charge in [-0.25, -0.2) is 0 Å². The second-order valence-electron chi connectivity index (χ2n) is 7.92. The van der Waals surface area contributed by atoms with Crippen LogP contribution in [-0.2, 0) is 14.3 Å². The van der Waals surface area contributed by atoms with E-state index >= 15 is 0 Å². The van der Waals surface area contributed by atoms with Gasteiger partial charge in [-0.1, -0.05) is 6.92 Å². The molecular weight excluding hydrogens is 282 g/mol. The van der Waals surface area contributed by atoms with E-state index in [-0.39, 0.29) is 24.5 Å². The van der Waals surface area contributed by atoms with E-state index in [0.717, 1.165) is 38.5 Å². The Morgan fingerprint density at radius 1 is 1.27 bits per heavy atom. The highest BCUT2D eigenvalue weighted by atomic mass is 16.5. The third kappa shape index (κ3) is 2.87. The Hall–Kier alpha value is -1.10. The summed E-state index contributed by atoms with van der Waals surface area (Å²) < 4.78 is 5.32. The maximum atomic E-state index is 12.6. The maximum absolute atomic E-state index is 12.6. The molecule has 2 N–H and O–H groups in total. The summed E-state index contributed by atoms with van der Waals surface area (Å²) >= 11 is 0. The lowest BCUT2D eigenvalue weighted by Gasteiger charge is -2.58. The number of rotatable bonds is 5. The molecule has 0 aliphatic heterocycles. The number of carbonyl (C=O) groups excluding carboxylic acids is 2. The van der Waals surface area contributed by atoms with Crippen LogP contribution in [0.15, 0.2) is 0 Å². The first kappa shape index (κ1) is 15.8. The Labute approximate surface area is 131 Å². The lowest BCUT2D eigenvalue weighted by atomic mass is 9.48. The first-order valence-electron chi connectivity index (χ1n) is 8.53. The van der Waals surface area contributed by atoms with Gasteiger partial charge in [-0.05, 0) is 63.7 Å². The van der Waals surface area contributed by atoms with Crippen LogP contribution in [-0.4, -0.2) is 35.2 Å². The van der Waals surface area contributed by atoms with Gasteiger partial charge < -0.3 is 15.2 Å². The van der Waals surface area contributed by atoms with Gasteiger partial charge in [-0.15, -0.1) is 0 Å². The molecule has 0 heterocycles. The minimum Gasteiger partial charge on any atom is -0.455 e. The summed E-state index contributed by atoms with van der Waals surface area (Å²) in [5.74, 6) is 0.353. The van der Waals surface area contributed by atoms with Crippen molar-refractivity contribution < 1.29 is 19.4 Å². The van der Waals surface area contributed by atoms with E-state index in [1.165, 1.54) is 0 Å². The van der Waals surface area contributed by atoms with E-state index in [4.69, 9.17) is 4.74 Å². The van der Waals surface area contributed by atoms with Crippen LogP contribution in [0.5, 0.6) is 0 Å². The van der Waals surface area contributed by atoms with Gasteiger partial charge in [0.1, 0.15) is 0 Å². The van der Waals surface area contributed by atoms with Gasteiger partial charge in [0.2, 0.25) is 0 Å².